The number of aromatic nitrogens is 2. The molecule has 3 rings (SSSR count). The van der Waals surface area contributed by atoms with Gasteiger partial charge in [-0.3, -0.25) is 9.59 Å². The smallest absolute Gasteiger partial charge is 0.225 e. The van der Waals surface area contributed by atoms with Crippen LogP contribution in [0.15, 0.2) is 42.7 Å². The summed E-state index contributed by atoms with van der Waals surface area (Å²) in [5, 5.41) is 2.80. The van der Waals surface area contributed by atoms with Crippen molar-refractivity contribution >= 4 is 23.5 Å². The van der Waals surface area contributed by atoms with Crippen LogP contribution in [-0.2, 0) is 9.59 Å². The number of carbonyl (C=O) groups excluding carboxylic acids is 2. The van der Waals surface area contributed by atoms with Gasteiger partial charge in [0.1, 0.15) is 12.4 Å². The second-order valence-electron chi connectivity index (χ2n) is 6.63. The maximum Gasteiger partial charge on any atom is 0.225 e. The highest BCUT2D eigenvalue weighted by molar-refractivity contribution is 5.93. The van der Waals surface area contributed by atoms with E-state index in [2.05, 4.69) is 20.2 Å². The number of rotatable bonds is 8. The van der Waals surface area contributed by atoms with Crippen molar-refractivity contribution in [1.29, 1.82) is 0 Å². The monoisotopic (exact) mass is 398 g/mol. The van der Waals surface area contributed by atoms with Crippen molar-refractivity contribution in [1.82, 2.24) is 14.9 Å². The summed E-state index contributed by atoms with van der Waals surface area (Å²) in [6.45, 7) is 3.45. The van der Waals surface area contributed by atoms with E-state index in [9.17, 15) is 9.59 Å². The molecule has 1 aliphatic rings. The van der Waals surface area contributed by atoms with Crippen molar-refractivity contribution in [2.75, 3.05) is 49.5 Å². The molecule has 154 valence electrons. The highest BCUT2D eigenvalue weighted by Gasteiger charge is 2.22. The Balaban J connectivity index is 1.38. The summed E-state index contributed by atoms with van der Waals surface area (Å²) in [6, 6.07) is 8.84. The van der Waals surface area contributed by atoms with Gasteiger partial charge in [0.2, 0.25) is 17.8 Å². The third kappa shape index (κ3) is 6.15. The van der Waals surface area contributed by atoms with Gasteiger partial charge >= 0.3 is 0 Å². The van der Waals surface area contributed by atoms with Crippen LogP contribution in [0.4, 0.5) is 11.6 Å². The first-order valence-electron chi connectivity index (χ1n) is 9.68. The van der Waals surface area contributed by atoms with Crippen molar-refractivity contribution in [3.05, 3.63) is 42.7 Å². The zero-order valence-electron chi connectivity index (χ0n) is 16.3. The molecule has 1 aromatic carbocycles. The summed E-state index contributed by atoms with van der Waals surface area (Å²) in [6.07, 6.45) is 3.75. The van der Waals surface area contributed by atoms with E-state index in [1.165, 1.54) is 0 Å². The predicted octanol–water partition coefficient (Wildman–Crippen LogP) is 0.882. The van der Waals surface area contributed by atoms with E-state index in [1.54, 1.807) is 47.6 Å². The third-order valence-electron chi connectivity index (χ3n) is 4.56. The predicted molar refractivity (Wildman–Crippen MR) is 110 cm³/mol. The van der Waals surface area contributed by atoms with Crippen LogP contribution in [0, 0.1) is 0 Å². The fourth-order valence-electron chi connectivity index (χ4n) is 3.02. The lowest BCUT2D eigenvalue weighted by atomic mass is 10.2. The van der Waals surface area contributed by atoms with Crippen LogP contribution in [0.5, 0.6) is 5.75 Å². The van der Waals surface area contributed by atoms with Gasteiger partial charge in [-0.05, 0) is 30.3 Å². The van der Waals surface area contributed by atoms with Crippen molar-refractivity contribution < 1.29 is 14.3 Å². The van der Waals surface area contributed by atoms with Crippen molar-refractivity contribution in [2.24, 2.45) is 5.73 Å². The maximum atomic E-state index is 12.4. The number of nitrogens with one attached hydrogen (secondary N) is 1. The molecule has 0 bridgehead atoms. The topological polar surface area (TPSA) is 114 Å². The SMILES string of the molecule is NCCOc1ccc(NC(=O)CCC(=O)N2CCN(c3ncccn3)CC2)cc1. The lowest BCUT2D eigenvalue weighted by Gasteiger charge is -2.34. The highest BCUT2D eigenvalue weighted by atomic mass is 16.5. The zero-order chi connectivity index (χ0) is 20.5. The molecule has 1 fully saturated rings. The van der Waals surface area contributed by atoms with Gasteiger partial charge in [-0.15, -0.1) is 0 Å². The summed E-state index contributed by atoms with van der Waals surface area (Å²) < 4.78 is 5.40. The van der Waals surface area contributed by atoms with Gasteiger partial charge in [-0.25, -0.2) is 9.97 Å². The van der Waals surface area contributed by atoms with E-state index in [1.807, 2.05) is 0 Å². The van der Waals surface area contributed by atoms with Crippen LogP contribution < -0.4 is 20.7 Å². The van der Waals surface area contributed by atoms with Gasteiger partial charge in [0, 0.05) is 63.6 Å². The third-order valence-corrected chi connectivity index (χ3v) is 4.56. The van der Waals surface area contributed by atoms with Crippen molar-refractivity contribution in [3.63, 3.8) is 0 Å². The van der Waals surface area contributed by atoms with Gasteiger partial charge in [0.25, 0.3) is 0 Å². The molecule has 2 amide bonds. The molecule has 1 aromatic heterocycles. The summed E-state index contributed by atoms with van der Waals surface area (Å²) in [4.78, 5) is 36.9. The summed E-state index contributed by atoms with van der Waals surface area (Å²) >= 11 is 0. The Bertz CT molecular complexity index is 792. The first-order chi connectivity index (χ1) is 14.2. The standard InChI is InChI=1S/C20H26N6O3/c21-8-15-29-17-4-2-16(3-5-17)24-18(27)6-7-19(28)25-11-13-26(14-12-25)20-22-9-1-10-23-20/h1-5,9-10H,6-8,11-15,21H2,(H,24,27). The Kier molecular flexibility index (Phi) is 7.34. The quantitative estimate of drug-likeness (QED) is 0.678. The molecule has 0 spiro atoms. The number of ether oxygens (including phenoxy) is 1. The van der Waals surface area contributed by atoms with E-state index >= 15 is 0 Å². The number of nitrogens with zero attached hydrogens (tertiary/aromatic N) is 4. The molecule has 0 saturated carbocycles. The zero-order valence-corrected chi connectivity index (χ0v) is 16.3. The minimum absolute atomic E-state index is 0.0145. The number of amides is 2. The molecule has 3 N–H and O–H groups in total. The summed E-state index contributed by atoms with van der Waals surface area (Å²) in [7, 11) is 0. The lowest BCUT2D eigenvalue weighted by molar-refractivity contribution is -0.133. The van der Waals surface area contributed by atoms with Gasteiger partial charge < -0.3 is 25.6 Å². The number of anilines is 2. The molecule has 9 heteroatoms. The Labute approximate surface area is 169 Å². The van der Waals surface area contributed by atoms with Crippen molar-refractivity contribution in [2.45, 2.75) is 12.8 Å². The summed E-state index contributed by atoms with van der Waals surface area (Å²) in [5.41, 5.74) is 6.06. The fraction of sp³-hybridized carbons (Fsp3) is 0.400. The van der Waals surface area contributed by atoms with Gasteiger partial charge in [0.15, 0.2) is 0 Å². The van der Waals surface area contributed by atoms with Crippen LogP contribution >= 0.6 is 0 Å². The molecule has 0 unspecified atom stereocenters. The minimum Gasteiger partial charge on any atom is -0.492 e. The lowest BCUT2D eigenvalue weighted by Crippen LogP contribution is -2.49. The van der Waals surface area contributed by atoms with Crippen molar-refractivity contribution in [3.8, 4) is 5.75 Å². The van der Waals surface area contributed by atoms with Crippen LogP contribution in [0.1, 0.15) is 12.8 Å². The maximum absolute atomic E-state index is 12.4. The molecule has 0 radical (unpaired) electrons. The molecule has 2 heterocycles. The Morgan fingerprint density at radius 2 is 1.72 bits per heavy atom. The second kappa shape index (κ2) is 10.4. The molecule has 0 atom stereocenters. The van der Waals surface area contributed by atoms with Crippen LogP contribution in [0.2, 0.25) is 0 Å². The van der Waals surface area contributed by atoms with Gasteiger partial charge in [0.05, 0.1) is 0 Å². The number of hydrogen-bond donors (Lipinski definition) is 2. The average Bonchev–Trinajstić information content (AvgIpc) is 2.78. The Morgan fingerprint density at radius 3 is 2.38 bits per heavy atom. The van der Waals surface area contributed by atoms with Gasteiger partial charge in [-0.2, -0.15) is 0 Å². The molecule has 29 heavy (non-hydrogen) atoms. The first-order valence-corrected chi connectivity index (χ1v) is 9.68. The first kappa shape index (κ1) is 20.5. The Hall–Kier alpha value is -3.20. The molecular formula is C20H26N6O3. The van der Waals surface area contributed by atoms with Gasteiger partial charge in [-0.1, -0.05) is 0 Å². The van der Waals surface area contributed by atoms with E-state index in [0.717, 1.165) is 0 Å². The number of hydrogen-bond acceptors (Lipinski definition) is 7. The van der Waals surface area contributed by atoms with E-state index in [-0.39, 0.29) is 24.7 Å². The van der Waals surface area contributed by atoms with Crippen LogP contribution in [0.25, 0.3) is 0 Å². The van der Waals surface area contributed by atoms with E-state index in [0.29, 0.717) is 56.7 Å². The van der Waals surface area contributed by atoms with E-state index in [4.69, 9.17) is 10.5 Å². The molecular weight excluding hydrogens is 372 g/mol. The number of carbonyl (C=O) groups is 2. The minimum atomic E-state index is -0.190. The molecule has 2 aromatic rings. The number of nitrogens with two attached hydrogens (primary N) is 1. The number of benzene rings is 1. The highest BCUT2D eigenvalue weighted by Crippen LogP contribution is 2.16. The van der Waals surface area contributed by atoms with Crippen LogP contribution in [-0.4, -0.2) is 66.0 Å². The molecule has 9 nitrogen and oxygen atoms in total. The summed E-state index contributed by atoms with van der Waals surface area (Å²) in [5.74, 6) is 1.17. The van der Waals surface area contributed by atoms with E-state index < -0.39 is 0 Å². The number of piperazine rings is 1. The largest absolute Gasteiger partial charge is 0.492 e. The molecule has 1 saturated heterocycles. The molecule has 1 aliphatic heterocycles. The van der Waals surface area contributed by atoms with Crippen LogP contribution in [0.3, 0.4) is 0 Å². The normalized spacial score (nSPS) is 13.8. The second-order valence-corrected chi connectivity index (χ2v) is 6.63. The Morgan fingerprint density at radius 1 is 1.03 bits per heavy atom. The average molecular weight is 398 g/mol. The molecule has 0 aliphatic carbocycles. The fourth-order valence-corrected chi connectivity index (χ4v) is 3.02.